The van der Waals surface area contributed by atoms with E-state index in [2.05, 4.69) is 20.3 Å². The predicted molar refractivity (Wildman–Crippen MR) is 61.4 cm³/mol. The third-order valence-electron chi connectivity index (χ3n) is 2.18. The molecular weight excluding hydrogens is 242 g/mol. The van der Waals surface area contributed by atoms with Crippen LogP contribution in [0.25, 0.3) is 0 Å². The topological polar surface area (TPSA) is 72.7 Å². The second kappa shape index (κ2) is 4.92. The Morgan fingerprint density at radius 2 is 2.24 bits per heavy atom. The monoisotopic (exact) mass is 251 g/mol. The van der Waals surface area contributed by atoms with Crippen LogP contribution < -0.4 is 5.32 Å². The van der Waals surface area contributed by atoms with Gasteiger partial charge in [0.2, 0.25) is 0 Å². The summed E-state index contributed by atoms with van der Waals surface area (Å²) in [6.45, 7) is 0.340. The van der Waals surface area contributed by atoms with Crippen LogP contribution in [0.2, 0.25) is 5.15 Å². The maximum Gasteiger partial charge on any atom is 0.271 e. The zero-order valence-electron chi connectivity index (χ0n) is 9.09. The van der Waals surface area contributed by atoms with Gasteiger partial charge in [0.05, 0.1) is 18.9 Å². The second-order valence-electron chi connectivity index (χ2n) is 3.36. The van der Waals surface area contributed by atoms with Crippen LogP contribution >= 0.6 is 11.6 Å². The molecule has 2 rings (SSSR count). The fraction of sp³-hybridized carbons (Fsp3) is 0.200. The minimum Gasteiger partial charge on any atom is -0.343 e. The van der Waals surface area contributed by atoms with E-state index in [0.717, 1.165) is 5.82 Å². The first kappa shape index (κ1) is 11.5. The van der Waals surface area contributed by atoms with Gasteiger partial charge in [-0.1, -0.05) is 11.6 Å². The van der Waals surface area contributed by atoms with Crippen molar-refractivity contribution in [2.24, 2.45) is 7.05 Å². The first-order valence-corrected chi connectivity index (χ1v) is 5.26. The van der Waals surface area contributed by atoms with E-state index in [1.54, 1.807) is 6.20 Å². The Morgan fingerprint density at radius 1 is 1.41 bits per heavy atom. The van der Waals surface area contributed by atoms with Gasteiger partial charge in [-0.25, -0.2) is 15.0 Å². The molecule has 0 saturated carbocycles. The van der Waals surface area contributed by atoms with Gasteiger partial charge in [0.1, 0.15) is 16.7 Å². The van der Waals surface area contributed by atoms with Crippen molar-refractivity contribution >= 4 is 17.5 Å². The number of nitrogens with one attached hydrogen (secondary N) is 1. The molecule has 0 spiro atoms. The number of halogens is 1. The highest BCUT2D eigenvalue weighted by Gasteiger charge is 2.08. The Morgan fingerprint density at radius 3 is 2.82 bits per heavy atom. The third-order valence-corrected chi connectivity index (χ3v) is 2.38. The molecule has 0 aliphatic carbocycles. The van der Waals surface area contributed by atoms with Crippen LogP contribution in [0, 0.1) is 0 Å². The highest BCUT2D eigenvalue weighted by molar-refractivity contribution is 6.29. The standard InChI is InChI=1S/C10H10ClN5O/c1-16-3-2-12-9(16)6-15-10(17)7-4-14-8(11)5-13-7/h2-5H,6H2,1H3,(H,15,17). The lowest BCUT2D eigenvalue weighted by Gasteiger charge is -2.04. The molecule has 2 aromatic rings. The maximum atomic E-state index is 11.7. The number of hydrogen-bond donors (Lipinski definition) is 1. The number of hydrogen-bond acceptors (Lipinski definition) is 4. The van der Waals surface area contributed by atoms with E-state index in [1.165, 1.54) is 12.4 Å². The van der Waals surface area contributed by atoms with Crippen molar-refractivity contribution in [3.05, 3.63) is 41.5 Å². The number of aryl methyl sites for hydroxylation is 1. The number of aromatic nitrogens is 4. The van der Waals surface area contributed by atoms with Crippen LogP contribution in [0.1, 0.15) is 16.3 Å². The molecule has 88 valence electrons. The van der Waals surface area contributed by atoms with Gasteiger partial charge in [0.25, 0.3) is 5.91 Å². The van der Waals surface area contributed by atoms with Crippen molar-refractivity contribution in [2.45, 2.75) is 6.54 Å². The van der Waals surface area contributed by atoms with Gasteiger partial charge in [0.15, 0.2) is 0 Å². The third kappa shape index (κ3) is 2.79. The summed E-state index contributed by atoms with van der Waals surface area (Å²) in [5, 5.41) is 2.95. The molecule has 2 aromatic heterocycles. The van der Waals surface area contributed by atoms with E-state index >= 15 is 0 Å². The summed E-state index contributed by atoms with van der Waals surface area (Å²) in [4.78, 5) is 23.4. The van der Waals surface area contributed by atoms with Gasteiger partial charge in [-0.15, -0.1) is 0 Å². The molecule has 0 saturated heterocycles. The number of nitrogens with zero attached hydrogens (tertiary/aromatic N) is 4. The normalized spacial score (nSPS) is 10.2. The molecule has 0 fully saturated rings. The van der Waals surface area contributed by atoms with Crippen LogP contribution in [-0.4, -0.2) is 25.4 Å². The summed E-state index contributed by atoms with van der Waals surface area (Å²) in [5.41, 5.74) is 0.226. The summed E-state index contributed by atoms with van der Waals surface area (Å²) >= 11 is 5.58. The SMILES string of the molecule is Cn1ccnc1CNC(=O)c1cnc(Cl)cn1. The lowest BCUT2D eigenvalue weighted by molar-refractivity contribution is 0.0944. The first-order chi connectivity index (χ1) is 8.16. The molecule has 1 N–H and O–H groups in total. The second-order valence-corrected chi connectivity index (χ2v) is 3.75. The maximum absolute atomic E-state index is 11.7. The Bertz CT molecular complexity index is 522. The smallest absolute Gasteiger partial charge is 0.271 e. The molecule has 0 radical (unpaired) electrons. The fourth-order valence-electron chi connectivity index (χ4n) is 1.25. The number of carbonyl (C=O) groups is 1. The zero-order chi connectivity index (χ0) is 12.3. The van der Waals surface area contributed by atoms with E-state index in [4.69, 9.17) is 11.6 Å². The summed E-state index contributed by atoms with van der Waals surface area (Å²) in [7, 11) is 1.86. The Labute approximate surface area is 103 Å². The molecule has 1 amide bonds. The highest BCUT2D eigenvalue weighted by atomic mass is 35.5. The minimum absolute atomic E-state index is 0.226. The van der Waals surface area contributed by atoms with Gasteiger partial charge in [-0.2, -0.15) is 0 Å². The quantitative estimate of drug-likeness (QED) is 0.876. The van der Waals surface area contributed by atoms with Crippen LogP contribution in [0.15, 0.2) is 24.8 Å². The predicted octanol–water partition coefficient (Wildman–Crippen LogP) is 0.794. The van der Waals surface area contributed by atoms with Crippen LogP contribution in [-0.2, 0) is 13.6 Å². The molecule has 0 atom stereocenters. The van der Waals surface area contributed by atoms with Gasteiger partial charge in [0, 0.05) is 19.4 Å². The molecule has 0 bridgehead atoms. The van der Waals surface area contributed by atoms with E-state index in [9.17, 15) is 4.79 Å². The van der Waals surface area contributed by atoms with Gasteiger partial charge in [-0.3, -0.25) is 4.79 Å². The molecule has 0 aromatic carbocycles. The average molecular weight is 252 g/mol. The summed E-state index contributed by atoms with van der Waals surface area (Å²) in [6, 6.07) is 0. The number of rotatable bonds is 3. The Balaban J connectivity index is 1.98. The van der Waals surface area contributed by atoms with Crippen LogP contribution in [0.4, 0.5) is 0 Å². The molecule has 17 heavy (non-hydrogen) atoms. The van der Waals surface area contributed by atoms with Crippen molar-refractivity contribution in [1.29, 1.82) is 0 Å². The van der Waals surface area contributed by atoms with Gasteiger partial charge < -0.3 is 9.88 Å². The molecule has 7 heteroatoms. The minimum atomic E-state index is -0.308. The number of imidazole rings is 1. The van der Waals surface area contributed by atoms with E-state index < -0.39 is 0 Å². The number of amides is 1. The van der Waals surface area contributed by atoms with Crippen molar-refractivity contribution < 1.29 is 4.79 Å². The Kier molecular flexibility index (Phi) is 3.34. The summed E-state index contributed by atoms with van der Waals surface area (Å²) in [5.74, 6) is 0.456. The van der Waals surface area contributed by atoms with E-state index in [1.807, 2.05) is 17.8 Å². The lowest BCUT2D eigenvalue weighted by Crippen LogP contribution is -2.25. The van der Waals surface area contributed by atoms with Crippen molar-refractivity contribution in [1.82, 2.24) is 24.8 Å². The number of carbonyl (C=O) groups excluding carboxylic acids is 1. The summed E-state index contributed by atoms with van der Waals surface area (Å²) in [6.07, 6.45) is 6.14. The first-order valence-electron chi connectivity index (χ1n) is 4.89. The molecular formula is C10H10ClN5O. The summed E-state index contributed by atoms with van der Waals surface area (Å²) < 4.78 is 1.83. The van der Waals surface area contributed by atoms with Gasteiger partial charge >= 0.3 is 0 Å². The largest absolute Gasteiger partial charge is 0.343 e. The fourth-order valence-corrected chi connectivity index (χ4v) is 1.34. The van der Waals surface area contributed by atoms with Crippen LogP contribution in [0.5, 0.6) is 0 Å². The molecule has 6 nitrogen and oxygen atoms in total. The molecule has 0 aliphatic rings. The highest BCUT2D eigenvalue weighted by Crippen LogP contribution is 2.01. The Hall–Kier alpha value is -1.95. The van der Waals surface area contributed by atoms with Crippen LogP contribution in [0.3, 0.4) is 0 Å². The van der Waals surface area contributed by atoms with E-state index in [-0.39, 0.29) is 16.8 Å². The molecule has 0 aliphatic heterocycles. The molecule has 0 unspecified atom stereocenters. The van der Waals surface area contributed by atoms with Crippen molar-refractivity contribution in [2.75, 3.05) is 0 Å². The zero-order valence-corrected chi connectivity index (χ0v) is 9.85. The van der Waals surface area contributed by atoms with Gasteiger partial charge in [-0.05, 0) is 0 Å². The van der Waals surface area contributed by atoms with Crippen molar-refractivity contribution in [3.63, 3.8) is 0 Å². The lowest BCUT2D eigenvalue weighted by atomic mass is 10.4. The average Bonchev–Trinajstić information content (AvgIpc) is 2.73. The van der Waals surface area contributed by atoms with E-state index in [0.29, 0.717) is 6.54 Å². The molecule has 2 heterocycles. The van der Waals surface area contributed by atoms with Crippen molar-refractivity contribution in [3.8, 4) is 0 Å².